The molecule has 3 heterocycles. The number of hydrogen-bond acceptors (Lipinski definition) is 4. The fourth-order valence-electron chi connectivity index (χ4n) is 4.19. The second-order valence-electron chi connectivity index (χ2n) is 7.68. The summed E-state index contributed by atoms with van der Waals surface area (Å²) in [5.74, 6) is 1.04. The van der Waals surface area contributed by atoms with Gasteiger partial charge in [-0.25, -0.2) is 4.39 Å². The van der Waals surface area contributed by atoms with Crippen molar-refractivity contribution in [3.63, 3.8) is 0 Å². The molecule has 1 atom stereocenters. The lowest BCUT2D eigenvalue weighted by Crippen LogP contribution is -2.62. The number of halogens is 1. The maximum atomic E-state index is 12.9. The van der Waals surface area contributed by atoms with Crippen LogP contribution in [0.15, 0.2) is 0 Å². The maximum absolute atomic E-state index is 12.9. The zero-order valence-electron chi connectivity index (χ0n) is 13.9. The zero-order chi connectivity index (χ0) is 16.7. The van der Waals surface area contributed by atoms with E-state index >= 15 is 0 Å². The molecule has 1 saturated carbocycles. The van der Waals surface area contributed by atoms with Gasteiger partial charge in [0.2, 0.25) is 11.8 Å². The molecule has 3 saturated heterocycles. The highest BCUT2D eigenvalue weighted by Crippen LogP contribution is 2.47. The molecule has 4 aliphatic rings. The number of likely N-dealkylation sites (tertiary alicyclic amines) is 2. The van der Waals surface area contributed by atoms with Crippen LogP contribution in [0, 0.1) is 5.92 Å². The molecular formula is C17H25FN2O3S. The number of amides is 2. The van der Waals surface area contributed by atoms with Gasteiger partial charge in [-0.1, -0.05) is 0 Å². The topological polar surface area (TPSA) is 49.9 Å². The van der Waals surface area contributed by atoms with E-state index in [1.807, 2.05) is 21.6 Å². The summed E-state index contributed by atoms with van der Waals surface area (Å²) >= 11 is 1.86. The number of carbonyl (C=O) groups is 2. The quantitative estimate of drug-likeness (QED) is 0.765. The van der Waals surface area contributed by atoms with Gasteiger partial charge in [-0.05, 0) is 32.1 Å². The monoisotopic (exact) mass is 356 g/mol. The molecule has 1 spiro atoms. The largest absolute Gasteiger partial charge is 0.367 e. The van der Waals surface area contributed by atoms with Crippen LogP contribution in [0.3, 0.4) is 0 Å². The van der Waals surface area contributed by atoms with Gasteiger partial charge in [0.1, 0.15) is 12.8 Å². The van der Waals surface area contributed by atoms with Gasteiger partial charge in [0.15, 0.2) is 0 Å². The first-order chi connectivity index (χ1) is 11.5. The lowest BCUT2D eigenvalue weighted by molar-refractivity contribution is -0.146. The van der Waals surface area contributed by atoms with Gasteiger partial charge in [0, 0.05) is 37.8 Å². The van der Waals surface area contributed by atoms with Crippen molar-refractivity contribution in [1.29, 1.82) is 0 Å². The first-order valence-corrected chi connectivity index (χ1v) is 9.99. The summed E-state index contributed by atoms with van der Waals surface area (Å²) in [6.07, 6.45) is 3.24. The van der Waals surface area contributed by atoms with Gasteiger partial charge < -0.3 is 14.5 Å². The lowest BCUT2D eigenvalue weighted by Gasteiger charge is -2.49. The third-order valence-electron chi connectivity index (χ3n) is 5.78. The van der Waals surface area contributed by atoms with Crippen molar-refractivity contribution >= 4 is 23.6 Å². The highest BCUT2D eigenvalue weighted by atomic mass is 32.2. The van der Waals surface area contributed by atoms with E-state index in [4.69, 9.17) is 4.74 Å². The fraction of sp³-hybridized carbons (Fsp3) is 0.882. The van der Waals surface area contributed by atoms with Gasteiger partial charge in [0.05, 0.1) is 10.9 Å². The Hall–Kier alpha value is -0.820. The van der Waals surface area contributed by atoms with Crippen LogP contribution in [0.5, 0.6) is 0 Å². The molecule has 0 aromatic carbocycles. The first-order valence-electron chi connectivity index (χ1n) is 9.01. The Labute approximate surface area is 146 Å². The Bertz CT molecular complexity index is 514. The SMILES string of the molecule is O=C(CO[C@@H]1CSC2(C1)CN(C(=O)C1CC(F)C1)C2)N1CCCC1. The number of rotatable bonds is 4. The molecule has 2 amide bonds. The Morgan fingerprint density at radius 1 is 1.17 bits per heavy atom. The molecule has 0 aromatic rings. The van der Waals surface area contributed by atoms with Crippen LogP contribution in [-0.2, 0) is 14.3 Å². The molecule has 134 valence electrons. The van der Waals surface area contributed by atoms with E-state index in [1.54, 1.807) is 0 Å². The average Bonchev–Trinajstić information content (AvgIpc) is 3.16. The summed E-state index contributed by atoms with van der Waals surface area (Å²) in [4.78, 5) is 28.0. The molecule has 7 heteroatoms. The smallest absolute Gasteiger partial charge is 0.248 e. The van der Waals surface area contributed by atoms with Crippen molar-refractivity contribution in [2.24, 2.45) is 5.92 Å². The standard InChI is InChI=1S/C17H25FN2O3S/c18-13-5-12(6-13)16(22)20-10-17(11-20)7-14(9-24-17)23-8-15(21)19-3-1-2-4-19/h12-14H,1-11H2/t12?,13?,14-/m0/s1. The van der Waals surface area contributed by atoms with E-state index in [0.717, 1.165) is 51.2 Å². The van der Waals surface area contributed by atoms with Crippen molar-refractivity contribution in [3.8, 4) is 0 Å². The maximum Gasteiger partial charge on any atom is 0.248 e. The first kappa shape index (κ1) is 16.6. The molecule has 0 aromatic heterocycles. The zero-order valence-corrected chi connectivity index (χ0v) is 14.7. The molecule has 4 rings (SSSR count). The minimum atomic E-state index is -0.777. The summed E-state index contributed by atoms with van der Waals surface area (Å²) in [6.45, 7) is 3.42. The minimum Gasteiger partial charge on any atom is -0.367 e. The van der Waals surface area contributed by atoms with Crippen molar-refractivity contribution < 1.29 is 18.7 Å². The van der Waals surface area contributed by atoms with Crippen molar-refractivity contribution in [3.05, 3.63) is 0 Å². The molecule has 0 unspecified atom stereocenters. The number of hydrogen-bond donors (Lipinski definition) is 0. The number of nitrogens with zero attached hydrogens (tertiary/aromatic N) is 2. The molecule has 0 N–H and O–H groups in total. The van der Waals surface area contributed by atoms with Gasteiger partial charge in [-0.2, -0.15) is 0 Å². The predicted molar refractivity (Wildman–Crippen MR) is 89.6 cm³/mol. The summed E-state index contributed by atoms with van der Waals surface area (Å²) in [7, 11) is 0. The van der Waals surface area contributed by atoms with Crippen LogP contribution in [0.4, 0.5) is 4.39 Å². The lowest BCUT2D eigenvalue weighted by atomic mass is 9.80. The Balaban J connectivity index is 1.19. The van der Waals surface area contributed by atoms with Gasteiger partial charge in [-0.3, -0.25) is 9.59 Å². The van der Waals surface area contributed by atoms with E-state index in [0.29, 0.717) is 12.8 Å². The van der Waals surface area contributed by atoms with Gasteiger partial charge in [-0.15, -0.1) is 11.8 Å². The third-order valence-corrected chi connectivity index (χ3v) is 7.35. The summed E-state index contributed by atoms with van der Waals surface area (Å²) in [6, 6.07) is 0. The second-order valence-corrected chi connectivity index (χ2v) is 9.17. The average molecular weight is 356 g/mol. The van der Waals surface area contributed by atoms with Crippen LogP contribution in [0.1, 0.15) is 32.1 Å². The third kappa shape index (κ3) is 3.17. The molecular weight excluding hydrogens is 331 g/mol. The van der Waals surface area contributed by atoms with E-state index in [-0.39, 0.29) is 35.2 Å². The highest BCUT2D eigenvalue weighted by Gasteiger charge is 2.52. The van der Waals surface area contributed by atoms with Gasteiger partial charge in [0.25, 0.3) is 0 Å². The number of thioether (sulfide) groups is 1. The van der Waals surface area contributed by atoms with Crippen LogP contribution in [-0.4, -0.2) is 77.2 Å². The summed E-state index contributed by atoms with van der Waals surface area (Å²) < 4.78 is 18.8. The normalized spacial score (nSPS) is 34.3. The molecule has 1 aliphatic carbocycles. The highest BCUT2D eigenvalue weighted by molar-refractivity contribution is 8.01. The fourth-order valence-corrected chi connectivity index (χ4v) is 5.74. The van der Waals surface area contributed by atoms with Gasteiger partial charge >= 0.3 is 0 Å². The Morgan fingerprint density at radius 2 is 1.88 bits per heavy atom. The Kier molecular flexibility index (Phi) is 4.49. The van der Waals surface area contributed by atoms with E-state index in [1.165, 1.54) is 0 Å². The van der Waals surface area contributed by atoms with Crippen LogP contribution >= 0.6 is 11.8 Å². The van der Waals surface area contributed by atoms with E-state index in [9.17, 15) is 14.0 Å². The summed E-state index contributed by atoms with van der Waals surface area (Å²) in [5.41, 5.74) is 0. The van der Waals surface area contributed by atoms with Crippen LogP contribution in [0.25, 0.3) is 0 Å². The number of ether oxygens (including phenoxy) is 1. The molecule has 0 radical (unpaired) electrons. The number of carbonyl (C=O) groups excluding carboxylic acids is 2. The van der Waals surface area contributed by atoms with Crippen molar-refractivity contribution in [2.75, 3.05) is 38.5 Å². The van der Waals surface area contributed by atoms with E-state index in [2.05, 4.69) is 0 Å². The van der Waals surface area contributed by atoms with E-state index < -0.39 is 6.17 Å². The molecule has 3 aliphatic heterocycles. The van der Waals surface area contributed by atoms with Crippen molar-refractivity contribution in [2.45, 2.75) is 49.1 Å². The second kappa shape index (κ2) is 6.48. The Morgan fingerprint density at radius 3 is 2.54 bits per heavy atom. The molecule has 24 heavy (non-hydrogen) atoms. The predicted octanol–water partition coefficient (Wildman–Crippen LogP) is 1.46. The van der Waals surface area contributed by atoms with Crippen molar-refractivity contribution in [1.82, 2.24) is 9.80 Å². The molecule has 4 fully saturated rings. The molecule has 0 bridgehead atoms. The summed E-state index contributed by atoms with van der Waals surface area (Å²) in [5, 5.41) is 0. The van der Waals surface area contributed by atoms with Crippen LogP contribution < -0.4 is 0 Å². The number of alkyl halides is 1. The minimum absolute atomic E-state index is 0.0890. The molecule has 5 nitrogen and oxygen atoms in total. The van der Waals surface area contributed by atoms with Crippen LogP contribution in [0.2, 0.25) is 0 Å².